The Balaban J connectivity index is 1.51. The Morgan fingerprint density at radius 1 is 0.658 bits per heavy atom. The van der Waals surface area contributed by atoms with Crippen molar-refractivity contribution in [1.29, 1.82) is 0 Å². The Kier molecular flexibility index (Phi) is 4.74. The van der Waals surface area contributed by atoms with Gasteiger partial charge in [-0.15, -0.1) is 0 Å². The Morgan fingerprint density at radius 2 is 1.29 bits per heavy atom. The van der Waals surface area contributed by atoms with Gasteiger partial charge in [0.05, 0.1) is 0 Å². The normalized spacial score (nSPS) is 20.1. The SMILES string of the molecule is [2H]C1(c2ccc(-c3ccccc3)cc2N(c2cc3c(cc2C2([2H])CC2)-c2ccccc2C3(C)C)C(C)(C)C)CC1. The molecular formula is C37H39N. The molecule has 0 amide bonds. The minimum Gasteiger partial charge on any atom is -0.336 e. The smallest absolute Gasteiger partial charge is 0.0457 e. The summed E-state index contributed by atoms with van der Waals surface area (Å²) in [6, 6.07) is 30.8. The topological polar surface area (TPSA) is 3.24 Å². The first-order valence-corrected chi connectivity index (χ1v) is 14.2. The van der Waals surface area contributed by atoms with Crippen LogP contribution < -0.4 is 4.90 Å². The highest BCUT2D eigenvalue weighted by Crippen LogP contribution is 2.56. The van der Waals surface area contributed by atoms with Crippen LogP contribution in [-0.2, 0) is 5.41 Å². The predicted octanol–water partition coefficient (Wildman–Crippen LogP) is 10.4. The lowest BCUT2D eigenvalue weighted by molar-refractivity contribution is 0.556. The quantitative estimate of drug-likeness (QED) is 0.264. The molecule has 4 aromatic rings. The minimum atomic E-state index is -0.565. The molecule has 0 unspecified atom stereocenters. The fraction of sp³-hybridized carbons (Fsp3) is 0.351. The molecule has 0 atom stereocenters. The molecule has 0 N–H and O–H groups in total. The molecule has 1 heteroatoms. The van der Waals surface area contributed by atoms with Gasteiger partial charge in [-0.25, -0.2) is 0 Å². The van der Waals surface area contributed by atoms with E-state index in [2.05, 4.69) is 124 Å². The number of rotatable bonds is 5. The highest BCUT2D eigenvalue weighted by atomic mass is 15.2. The van der Waals surface area contributed by atoms with Crippen LogP contribution >= 0.6 is 0 Å². The number of hydrogen-bond acceptors (Lipinski definition) is 1. The molecule has 4 aromatic carbocycles. The second kappa shape index (κ2) is 8.34. The van der Waals surface area contributed by atoms with Gasteiger partial charge in [0.2, 0.25) is 0 Å². The lowest BCUT2D eigenvalue weighted by Crippen LogP contribution is -2.39. The van der Waals surface area contributed by atoms with Crippen LogP contribution in [0.15, 0.2) is 84.9 Å². The molecule has 0 spiro atoms. The molecule has 0 radical (unpaired) electrons. The summed E-state index contributed by atoms with van der Waals surface area (Å²) in [5, 5.41) is 0. The minimum absolute atomic E-state index is 0.122. The first kappa shape index (κ1) is 21.6. The number of anilines is 2. The molecule has 0 aliphatic heterocycles. The third-order valence-corrected chi connectivity index (χ3v) is 8.72. The summed E-state index contributed by atoms with van der Waals surface area (Å²) in [7, 11) is 0. The van der Waals surface area contributed by atoms with Gasteiger partial charge in [0.25, 0.3) is 0 Å². The van der Waals surface area contributed by atoms with Crippen LogP contribution in [0.5, 0.6) is 0 Å². The van der Waals surface area contributed by atoms with Gasteiger partial charge in [-0.1, -0.05) is 80.6 Å². The number of hydrogen-bond donors (Lipinski definition) is 0. The lowest BCUT2D eigenvalue weighted by atomic mass is 9.81. The Morgan fingerprint density at radius 3 is 1.97 bits per heavy atom. The standard InChI is InChI=1S/C37H39N/c1-36(2,3)38(34-21-27(24-11-7-6-8-12-24)19-20-28(34)25-15-16-25)35-23-33-31(22-30(35)26-17-18-26)29-13-9-10-14-32(29)37(33,4)5/h6-14,19-23,25-26H,15-18H2,1-5H3/i25D,26D. The maximum Gasteiger partial charge on any atom is 0.0457 e. The number of fused-ring (bicyclic) bond motifs is 3. The van der Waals surface area contributed by atoms with Gasteiger partial charge in [-0.2, -0.15) is 0 Å². The average molecular weight is 500 g/mol. The molecule has 3 aliphatic carbocycles. The highest BCUT2D eigenvalue weighted by Gasteiger charge is 2.41. The zero-order valence-electron chi connectivity index (χ0n) is 25.4. The summed E-state index contributed by atoms with van der Waals surface area (Å²) in [5.74, 6) is -1.11. The van der Waals surface area contributed by atoms with Crippen LogP contribution in [0, 0.1) is 0 Å². The first-order valence-electron chi connectivity index (χ1n) is 15.2. The van der Waals surface area contributed by atoms with Gasteiger partial charge >= 0.3 is 0 Å². The Hall–Kier alpha value is -3.32. The van der Waals surface area contributed by atoms with Gasteiger partial charge in [0.15, 0.2) is 0 Å². The van der Waals surface area contributed by atoms with Crippen molar-refractivity contribution < 1.29 is 2.74 Å². The van der Waals surface area contributed by atoms with Crippen LogP contribution in [0.3, 0.4) is 0 Å². The van der Waals surface area contributed by atoms with E-state index in [-0.39, 0.29) is 11.0 Å². The largest absolute Gasteiger partial charge is 0.336 e. The summed E-state index contributed by atoms with van der Waals surface area (Å²) in [5.41, 5.74) is 11.7. The van der Waals surface area contributed by atoms with Gasteiger partial charge in [-0.3, -0.25) is 0 Å². The van der Waals surface area contributed by atoms with E-state index in [1.165, 1.54) is 33.4 Å². The number of benzene rings is 4. The van der Waals surface area contributed by atoms with Crippen molar-refractivity contribution in [1.82, 2.24) is 0 Å². The zero-order chi connectivity index (χ0) is 28.1. The summed E-state index contributed by atoms with van der Waals surface area (Å²) in [6.07, 6.45) is 3.57. The van der Waals surface area contributed by atoms with Crippen molar-refractivity contribution in [3.05, 3.63) is 107 Å². The molecule has 38 heavy (non-hydrogen) atoms. The maximum atomic E-state index is 9.43. The second-order valence-electron chi connectivity index (χ2n) is 12.9. The van der Waals surface area contributed by atoms with Gasteiger partial charge in [0.1, 0.15) is 0 Å². The Labute approximate surface area is 231 Å². The lowest BCUT2D eigenvalue weighted by Gasteiger charge is -2.41. The summed E-state index contributed by atoms with van der Waals surface area (Å²) in [4.78, 5) is 2.48. The molecule has 1 nitrogen and oxygen atoms in total. The van der Waals surface area contributed by atoms with E-state index in [9.17, 15) is 2.74 Å². The summed E-state index contributed by atoms with van der Waals surface area (Å²) < 4.78 is 18.7. The first-order chi connectivity index (χ1) is 18.9. The van der Waals surface area contributed by atoms with Crippen LogP contribution in [0.25, 0.3) is 22.3 Å². The molecule has 0 aromatic heterocycles. The fourth-order valence-corrected chi connectivity index (χ4v) is 6.55. The van der Waals surface area contributed by atoms with Crippen molar-refractivity contribution >= 4 is 11.4 Å². The van der Waals surface area contributed by atoms with Crippen LogP contribution in [0.4, 0.5) is 11.4 Å². The molecule has 2 saturated carbocycles. The monoisotopic (exact) mass is 499 g/mol. The molecule has 0 heterocycles. The van der Waals surface area contributed by atoms with Crippen molar-refractivity contribution in [3.63, 3.8) is 0 Å². The molecular weight excluding hydrogens is 458 g/mol. The average Bonchev–Trinajstić information content (AvgIpc) is 3.85. The second-order valence-corrected chi connectivity index (χ2v) is 12.9. The van der Waals surface area contributed by atoms with E-state index in [1.54, 1.807) is 0 Å². The molecule has 192 valence electrons. The molecule has 3 aliphatic rings. The maximum absolute atomic E-state index is 9.43. The van der Waals surface area contributed by atoms with Crippen LogP contribution in [-0.4, -0.2) is 5.54 Å². The van der Waals surface area contributed by atoms with Gasteiger partial charge in [0, 0.05) is 25.1 Å². The summed E-state index contributed by atoms with van der Waals surface area (Å²) in [6.45, 7) is 11.5. The fourth-order valence-electron chi connectivity index (χ4n) is 6.55. The van der Waals surface area contributed by atoms with E-state index in [1.807, 2.05) is 0 Å². The van der Waals surface area contributed by atoms with E-state index < -0.39 is 11.8 Å². The molecule has 0 bridgehead atoms. The van der Waals surface area contributed by atoms with Gasteiger partial charge < -0.3 is 4.90 Å². The third-order valence-electron chi connectivity index (χ3n) is 8.72. The third kappa shape index (κ3) is 3.82. The van der Waals surface area contributed by atoms with Crippen LogP contribution in [0.2, 0.25) is 0 Å². The highest BCUT2D eigenvalue weighted by molar-refractivity contribution is 5.86. The van der Waals surface area contributed by atoms with E-state index >= 15 is 0 Å². The number of nitrogens with zero attached hydrogens (tertiary/aromatic N) is 1. The van der Waals surface area contributed by atoms with Crippen molar-refractivity contribution in [3.8, 4) is 22.3 Å². The van der Waals surface area contributed by atoms with Crippen LogP contribution in [0.1, 0.15) is 97.1 Å². The van der Waals surface area contributed by atoms with E-state index in [0.717, 1.165) is 48.2 Å². The van der Waals surface area contributed by atoms with E-state index in [0.29, 0.717) is 0 Å². The predicted molar refractivity (Wildman–Crippen MR) is 162 cm³/mol. The van der Waals surface area contributed by atoms with Crippen molar-refractivity contribution in [2.75, 3.05) is 4.90 Å². The molecule has 0 saturated heterocycles. The molecule has 2 fully saturated rings. The molecule has 7 rings (SSSR count). The van der Waals surface area contributed by atoms with E-state index in [4.69, 9.17) is 0 Å². The van der Waals surface area contributed by atoms with Gasteiger partial charge in [-0.05, 0) is 121 Å². The van der Waals surface area contributed by atoms with Crippen molar-refractivity contribution in [2.24, 2.45) is 0 Å². The Bertz CT molecular complexity index is 1640. The van der Waals surface area contributed by atoms with Crippen molar-refractivity contribution in [2.45, 2.75) is 83.0 Å². The zero-order valence-corrected chi connectivity index (χ0v) is 23.4. The summed E-state index contributed by atoms with van der Waals surface area (Å²) >= 11 is 0.